The SMILES string of the molecule is COc1cccc(/C=C/C(=O)O[C@@H](C)c2ccccc2Cl)c1OC. The molecular weight excluding hydrogens is 328 g/mol. The zero-order valence-electron chi connectivity index (χ0n) is 13.8. The Hall–Kier alpha value is -2.46. The molecule has 0 fully saturated rings. The van der Waals surface area contributed by atoms with Gasteiger partial charge in [0.15, 0.2) is 11.5 Å². The molecule has 126 valence electrons. The maximum absolute atomic E-state index is 12.0. The fourth-order valence-corrected chi connectivity index (χ4v) is 2.57. The van der Waals surface area contributed by atoms with Crippen molar-refractivity contribution >= 4 is 23.6 Å². The minimum atomic E-state index is -0.465. The number of esters is 1. The van der Waals surface area contributed by atoms with E-state index in [-0.39, 0.29) is 0 Å². The standard InChI is InChI=1S/C19H19ClO4/c1-13(15-8-4-5-9-16(15)20)24-18(21)12-11-14-7-6-10-17(22-2)19(14)23-3/h4-13H,1-3H3/b12-11+/t13-/m0/s1. The van der Waals surface area contributed by atoms with Crippen molar-refractivity contribution in [3.05, 3.63) is 64.7 Å². The summed E-state index contributed by atoms with van der Waals surface area (Å²) in [5.41, 5.74) is 1.49. The fourth-order valence-electron chi connectivity index (χ4n) is 2.28. The molecule has 0 saturated heterocycles. The minimum absolute atomic E-state index is 0.442. The molecule has 2 rings (SSSR count). The molecule has 0 radical (unpaired) electrons. The van der Waals surface area contributed by atoms with E-state index in [0.717, 1.165) is 11.1 Å². The third-order valence-corrected chi connectivity index (χ3v) is 3.81. The summed E-state index contributed by atoms with van der Waals surface area (Å²) in [6.07, 6.45) is 2.54. The molecule has 0 saturated carbocycles. The van der Waals surface area contributed by atoms with Gasteiger partial charge >= 0.3 is 5.97 Å². The van der Waals surface area contributed by atoms with E-state index in [1.807, 2.05) is 30.3 Å². The lowest BCUT2D eigenvalue weighted by atomic mass is 10.1. The summed E-state index contributed by atoms with van der Waals surface area (Å²) >= 11 is 6.11. The number of halogens is 1. The molecule has 2 aromatic carbocycles. The molecule has 24 heavy (non-hydrogen) atoms. The van der Waals surface area contributed by atoms with Crippen LogP contribution in [0.15, 0.2) is 48.5 Å². The van der Waals surface area contributed by atoms with Gasteiger partial charge in [0.2, 0.25) is 0 Å². The van der Waals surface area contributed by atoms with Crippen molar-refractivity contribution in [1.82, 2.24) is 0 Å². The van der Waals surface area contributed by atoms with E-state index < -0.39 is 12.1 Å². The van der Waals surface area contributed by atoms with Crippen LogP contribution in [-0.4, -0.2) is 20.2 Å². The van der Waals surface area contributed by atoms with E-state index in [1.165, 1.54) is 6.08 Å². The monoisotopic (exact) mass is 346 g/mol. The first kappa shape index (κ1) is 17.9. The molecule has 0 aliphatic heterocycles. The third-order valence-electron chi connectivity index (χ3n) is 3.47. The van der Waals surface area contributed by atoms with Crippen LogP contribution in [0.4, 0.5) is 0 Å². The first-order valence-corrected chi connectivity index (χ1v) is 7.78. The summed E-state index contributed by atoms with van der Waals surface area (Å²) in [5, 5.41) is 0.566. The van der Waals surface area contributed by atoms with Crippen molar-refractivity contribution in [3.8, 4) is 11.5 Å². The van der Waals surface area contributed by atoms with Gasteiger partial charge in [0.25, 0.3) is 0 Å². The Morgan fingerprint density at radius 3 is 2.50 bits per heavy atom. The topological polar surface area (TPSA) is 44.8 Å². The Labute approximate surface area is 146 Å². The van der Waals surface area contributed by atoms with E-state index in [2.05, 4.69) is 0 Å². The zero-order valence-corrected chi connectivity index (χ0v) is 14.5. The lowest BCUT2D eigenvalue weighted by Crippen LogP contribution is -2.06. The molecule has 0 bridgehead atoms. The highest BCUT2D eigenvalue weighted by molar-refractivity contribution is 6.31. The van der Waals surface area contributed by atoms with Crippen molar-refractivity contribution in [3.63, 3.8) is 0 Å². The van der Waals surface area contributed by atoms with Crippen LogP contribution in [0.5, 0.6) is 11.5 Å². The molecule has 0 aromatic heterocycles. The van der Waals surface area contributed by atoms with E-state index in [0.29, 0.717) is 16.5 Å². The molecule has 4 nitrogen and oxygen atoms in total. The largest absolute Gasteiger partial charge is 0.493 e. The van der Waals surface area contributed by atoms with E-state index in [9.17, 15) is 4.79 Å². The predicted molar refractivity (Wildman–Crippen MR) is 94.5 cm³/mol. The van der Waals surface area contributed by atoms with Crippen LogP contribution < -0.4 is 9.47 Å². The molecule has 2 aromatic rings. The van der Waals surface area contributed by atoms with Crippen LogP contribution >= 0.6 is 11.6 Å². The average molecular weight is 347 g/mol. The highest BCUT2D eigenvalue weighted by Gasteiger charge is 2.13. The van der Waals surface area contributed by atoms with E-state index in [1.54, 1.807) is 39.4 Å². The van der Waals surface area contributed by atoms with Crippen LogP contribution in [0.1, 0.15) is 24.2 Å². The number of carbonyl (C=O) groups excluding carboxylic acids is 1. The normalized spacial score (nSPS) is 12.0. The lowest BCUT2D eigenvalue weighted by molar-refractivity contribution is -0.142. The summed E-state index contributed by atoms with van der Waals surface area (Å²) in [4.78, 5) is 12.0. The van der Waals surface area contributed by atoms with Crippen LogP contribution in [0.3, 0.4) is 0 Å². The van der Waals surface area contributed by atoms with Gasteiger partial charge in [0.05, 0.1) is 14.2 Å². The summed E-state index contributed by atoms with van der Waals surface area (Å²) in [6.45, 7) is 1.78. The number of para-hydroxylation sites is 1. The Balaban J connectivity index is 2.10. The Bertz CT molecular complexity index is 740. The summed E-state index contributed by atoms with van der Waals surface area (Å²) in [6, 6.07) is 12.7. The number of carbonyl (C=O) groups is 1. The van der Waals surface area contributed by atoms with Crippen molar-refractivity contribution < 1.29 is 19.0 Å². The van der Waals surface area contributed by atoms with Crippen molar-refractivity contribution in [2.75, 3.05) is 14.2 Å². The van der Waals surface area contributed by atoms with Crippen LogP contribution in [0, 0.1) is 0 Å². The number of benzene rings is 2. The molecule has 0 heterocycles. The molecule has 0 aliphatic rings. The van der Waals surface area contributed by atoms with Crippen LogP contribution in [0.25, 0.3) is 6.08 Å². The molecule has 0 unspecified atom stereocenters. The van der Waals surface area contributed by atoms with E-state index >= 15 is 0 Å². The van der Waals surface area contributed by atoms with Gasteiger partial charge < -0.3 is 14.2 Å². The first-order valence-electron chi connectivity index (χ1n) is 7.41. The number of hydrogen-bond donors (Lipinski definition) is 0. The molecule has 0 amide bonds. The van der Waals surface area contributed by atoms with Crippen molar-refractivity contribution in [2.45, 2.75) is 13.0 Å². The second kappa shape index (κ2) is 8.41. The van der Waals surface area contributed by atoms with Gasteiger partial charge in [0.1, 0.15) is 6.10 Å². The zero-order chi connectivity index (χ0) is 17.5. The molecule has 5 heteroatoms. The number of methoxy groups -OCH3 is 2. The number of ether oxygens (including phenoxy) is 3. The maximum Gasteiger partial charge on any atom is 0.331 e. The highest BCUT2D eigenvalue weighted by atomic mass is 35.5. The molecule has 0 N–H and O–H groups in total. The smallest absolute Gasteiger partial charge is 0.331 e. The van der Waals surface area contributed by atoms with Gasteiger partial charge in [-0.3, -0.25) is 0 Å². The van der Waals surface area contributed by atoms with Gasteiger partial charge in [-0.25, -0.2) is 4.79 Å². The van der Waals surface area contributed by atoms with Crippen LogP contribution in [0.2, 0.25) is 5.02 Å². The lowest BCUT2D eigenvalue weighted by Gasteiger charge is -2.13. The van der Waals surface area contributed by atoms with Gasteiger partial charge in [-0.1, -0.05) is 41.9 Å². The maximum atomic E-state index is 12.0. The third kappa shape index (κ3) is 4.30. The number of rotatable bonds is 6. The minimum Gasteiger partial charge on any atom is -0.493 e. The molecule has 0 spiro atoms. The predicted octanol–water partition coefficient (Wildman–Crippen LogP) is 4.67. The fraction of sp³-hybridized carbons (Fsp3) is 0.211. The Morgan fingerprint density at radius 1 is 1.08 bits per heavy atom. The van der Waals surface area contributed by atoms with Crippen molar-refractivity contribution in [1.29, 1.82) is 0 Å². The Kier molecular flexibility index (Phi) is 6.27. The van der Waals surface area contributed by atoms with Gasteiger partial charge in [-0.2, -0.15) is 0 Å². The Morgan fingerprint density at radius 2 is 1.83 bits per heavy atom. The summed E-state index contributed by atoms with van der Waals surface area (Å²) in [7, 11) is 3.11. The number of hydrogen-bond acceptors (Lipinski definition) is 4. The van der Waals surface area contributed by atoms with Crippen molar-refractivity contribution in [2.24, 2.45) is 0 Å². The molecule has 1 atom stereocenters. The molecular formula is C19H19ClO4. The van der Waals surface area contributed by atoms with Gasteiger partial charge in [0, 0.05) is 22.2 Å². The van der Waals surface area contributed by atoms with Gasteiger partial charge in [-0.15, -0.1) is 0 Å². The second-order valence-corrected chi connectivity index (χ2v) is 5.42. The first-order chi connectivity index (χ1) is 11.6. The second-order valence-electron chi connectivity index (χ2n) is 5.02. The average Bonchev–Trinajstić information content (AvgIpc) is 2.59. The summed E-state index contributed by atoms with van der Waals surface area (Å²) in [5.74, 6) is 0.688. The highest BCUT2D eigenvalue weighted by Crippen LogP contribution is 2.31. The molecule has 0 aliphatic carbocycles. The van der Waals surface area contributed by atoms with Crippen LogP contribution in [-0.2, 0) is 9.53 Å². The van der Waals surface area contributed by atoms with Gasteiger partial charge in [-0.05, 0) is 25.1 Å². The summed E-state index contributed by atoms with van der Waals surface area (Å²) < 4.78 is 15.9. The van der Waals surface area contributed by atoms with E-state index in [4.69, 9.17) is 25.8 Å². The quantitative estimate of drug-likeness (QED) is 0.563.